The molecular weight excluding hydrogens is 368 g/mol. The van der Waals surface area contributed by atoms with E-state index in [1.54, 1.807) is 0 Å². The normalized spacial score (nSPS) is 18.7. The molecule has 0 aliphatic carbocycles. The SMILES string of the molecule is CCCN(CCC)C(=O)CCCC(=O)N1CCC(C(=O)N2CCN(C)CC2)CC1. The molecule has 0 saturated carbocycles. The van der Waals surface area contributed by atoms with E-state index in [1.165, 1.54) is 0 Å². The van der Waals surface area contributed by atoms with Crippen LogP contribution in [0.2, 0.25) is 0 Å². The Morgan fingerprint density at radius 1 is 0.828 bits per heavy atom. The van der Waals surface area contributed by atoms with Crippen molar-refractivity contribution >= 4 is 17.7 Å². The molecule has 166 valence electrons. The second-order valence-corrected chi connectivity index (χ2v) is 8.52. The lowest BCUT2D eigenvalue weighted by Gasteiger charge is -2.37. The van der Waals surface area contributed by atoms with Crippen LogP contribution in [0.25, 0.3) is 0 Å². The lowest BCUT2D eigenvalue weighted by Crippen LogP contribution is -2.51. The van der Waals surface area contributed by atoms with Gasteiger partial charge in [0.1, 0.15) is 0 Å². The van der Waals surface area contributed by atoms with Gasteiger partial charge in [-0.15, -0.1) is 0 Å². The van der Waals surface area contributed by atoms with Crippen molar-refractivity contribution in [1.29, 1.82) is 0 Å². The third kappa shape index (κ3) is 7.28. The zero-order chi connectivity index (χ0) is 21.2. The molecule has 0 aromatic heterocycles. The number of piperazine rings is 1. The monoisotopic (exact) mass is 408 g/mol. The van der Waals surface area contributed by atoms with Crippen molar-refractivity contribution in [3.8, 4) is 0 Å². The average Bonchev–Trinajstić information content (AvgIpc) is 2.73. The van der Waals surface area contributed by atoms with Crippen LogP contribution in [-0.4, -0.2) is 96.7 Å². The third-order valence-electron chi connectivity index (χ3n) is 6.13. The number of likely N-dealkylation sites (N-methyl/N-ethyl adjacent to an activating group) is 1. The number of rotatable bonds is 9. The van der Waals surface area contributed by atoms with E-state index < -0.39 is 0 Å². The van der Waals surface area contributed by atoms with Crippen LogP contribution in [0, 0.1) is 5.92 Å². The van der Waals surface area contributed by atoms with E-state index in [4.69, 9.17) is 0 Å². The highest BCUT2D eigenvalue weighted by Crippen LogP contribution is 2.21. The molecule has 2 rings (SSSR count). The first-order valence-corrected chi connectivity index (χ1v) is 11.5. The molecule has 0 aromatic rings. The minimum absolute atomic E-state index is 0.0562. The Labute approximate surface area is 176 Å². The maximum absolute atomic E-state index is 12.7. The highest BCUT2D eigenvalue weighted by molar-refractivity contribution is 5.81. The lowest BCUT2D eigenvalue weighted by atomic mass is 9.94. The number of nitrogens with zero attached hydrogens (tertiary/aromatic N) is 4. The quantitative estimate of drug-likeness (QED) is 0.584. The van der Waals surface area contributed by atoms with E-state index in [1.807, 2.05) is 14.7 Å². The Balaban J connectivity index is 1.67. The summed E-state index contributed by atoms with van der Waals surface area (Å²) < 4.78 is 0. The fourth-order valence-electron chi connectivity index (χ4n) is 4.27. The number of carbonyl (C=O) groups excluding carboxylic acids is 3. The third-order valence-corrected chi connectivity index (χ3v) is 6.13. The Kier molecular flexibility index (Phi) is 9.91. The topological polar surface area (TPSA) is 64.2 Å². The van der Waals surface area contributed by atoms with Gasteiger partial charge in [-0.2, -0.15) is 0 Å². The molecule has 0 bridgehead atoms. The Bertz CT molecular complexity index is 532. The maximum atomic E-state index is 12.7. The molecule has 7 heteroatoms. The molecule has 0 unspecified atom stereocenters. The van der Waals surface area contributed by atoms with Crippen molar-refractivity contribution in [2.24, 2.45) is 5.92 Å². The highest BCUT2D eigenvalue weighted by Gasteiger charge is 2.31. The second kappa shape index (κ2) is 12.2. The van der Waals surface area contributed by atoms with Gasteiger partial charge in [-0.1, -0.05) is 13.8 Å². The van der Waals surface area contributed by atoms with Gasteiger partial charge in [-0.3, -0.25) is 14.4 Å². The fourth-order valence-corrected chi connectivity index (χ4v) is 4.27. The lowest BCUT2D eigenvalue weighted by molar-refractivity contribution is -0.142. The molecule has 2 saturated heterocycles. The minimum atomic E-state index is 0.0562. The van der Waals surface area contributed by atoms with Crippen LogP contribution >= 0.6 is 0 Å². The van der Waals surface area contributed by atoms with Crippen LogP contribution in [0.5, 0.6) is 0 Å². The Hall–Kier alpha value is -1.63. The number of hydrogen-bond donors (Lipinski definition) is 0. The summed E-state index contributed by atoms with van der Waals surface area (Å²) in [5, 5.41) is 0. The van der Waals surface area contributed by atoms with Gasteiger partial charge in [0.05, 0.1) is 0 Å². The summed E-state index contributed by atoms with van der Waals surface area (Å²) in [6, 6.07) is 0. The molecule has 7 nitrogen and oxygen atoms in total. The minimum Gasteiger partial charge on any atom is -0.343 e. The van der Waals surface area contributed by atoms with E-state index in [-0.39, 0.29) is 23.6 Å². The van der Waals surface area contributed by atoms with E-state index in [9.17, 15) is 14.4 Å². The van der Waals surface area contributed by atoms with Crippen molar-refractivity contribution in [3.05, 3.63) is 0 Å². The molecule has 2 aliphatic rings. The summed E-state index contributed by atoms with van der Waals surface area (Å²) in [5.41, 5.74) is 0. The molecular formula is C22H40N4O3. The van der Waals surface area contributed by atoms with Crippen LogP contribution in [0.4, 0.5) is 0 Å². The summed E-state index contributed by atoms with van der Waals surface area (Å²) in [5.74, 6) is 0.613. The summed E-state index contributed by atoms with van der Waals surface area (Å²) >= 11 is 0. The summed E-state index contributed by atoms with van der Waals surface area (Å²) in [6.07, 6.45) is 4.94. The number of amides is 3. The number of carbonyl (C=O) groups is 3. The Morgan fingerprint density at radius 2 is 1.41 bits per heavy atom. The van der Waals surface area contributed by atoms with E-state index >= 15 is 0 Å². The molecule has 29 heavy (non-hydrogen) atoms. The van der Waals surface area contributed by atoms with Crippen molar-refractivity contribution in [3.63, 3.8) is 0 Å². The summed E-state index contributed by atoms with van der Waals surface area (Å²) in [7, 11) is 2.09. The van der Waals surface area contributed by atoms with Gasteiger partial charge in [0.15, 0.2) is 0 Å². The predicted octanol–water partition coefficient (Wildman–Crippen LogP) is 1.82. The van der Waals surface area contributed by atoms with Crippen molar-refractivity contribution in [1.82, 2.24) is 19.6 Å². The molecule has 0 N–H and O–H groups in total. The van der Waals surface area contributed by atoms with Crippen molar-refractivity contribution in [2.75, 3.05) is 59.4 Å². The molecule has 2 fully saturated rings. The van der Waals surface area contributed by atoms with E-state index in [2.05, 4.69) is 25.8 Å². The van der Waals surface area contributed by atoms with Gasteiger partial charge < -0.3 is 19.6 Å². The van der Waals surface area contributed by atoms with Gasteiger partial charge >= 0.3 is 0 Å². The number of piperidine rings is 1. The average molecular weight is 409 g/mol. The molecule has 3 amide bonds. The summed E-state index contributed by atoms with van der Waals surface area (Å²) in [6.45, 7) is 10.6. The first kappa shape index (κ1) is 23.6. The second-order valence-electron chi connectivity index (χ2n) is 8.52. The molecule has 0 spiro atoms. The van der Waals surface area contributed by atoms with E-state index in [0.29, 0.717) is 32.4 Å². The van der Waals surface area contributed by atoms with Crippen LogP contribution < -0.4 is 0 Å². The van der Waals surface area contributed by atoms with Crippen molar-refractivity contribution in [2.45, 2.75) is 58.8 Å². The largest absolute Gasteiger partial charge is 0.343 e. The summed E-state index contributed by atoms with van der Waals surface area (Å²) in [4.78, 5) is 45.6. The molecule has 0 atom stereocenters. The number of hydrogen-bond acceptors (Lipinski definition) is 4. The molecule has 0 radical (unpaired) electrons. The maximum Gasteiger partial charge on any atom is 0.225 e. The smallest absolute Gasteiger partial charge is 0.225 e. The Morgan fingerprint density at radius 3 is 1.97 bits per heavy atom. The van der Waals surface area contributed by atoms with Crippen molar-refractivity contribution < 1.29 is 14.4 Å². The van der Waals surface area contributed by atoms with E-state index in [0.717, 1.165) is 65.0 Å². The standard InChI is InChI=1S/C22H40N4O3/c1-4-11-24(12-5-2)20(27)7-6-8-21(28)25-13-9-19(10-14-25)22(29)26-17-15-23(3)16-18-26/h19H,4-18H2,1-3H3. The first-order chi connectivity index (χ1) is 14.0. The van der Waals surface area contributed by atoms with Crippen LogP contribution in [0.1, 0.15) is 58.8 Å². The predicted molar refractivity (Wildman–Crippen MR) is 114 cm³/mol. The fraction of sp³-hybridized carbons (Fsp3) is 0.864. The first-order valence-electron chi connectivity index (χ1n) is 11.5. The van der Waals surface area contributed by atoms with Crippen LogP contribution in [-0.2, 0) is 14.4 Å². The highest BCUT2D eigenvalue weighted by atomic mass is 16.2. The van der Waals surface area contributed by atoms with Gasteiger partial charge in [0, 0.05) is 71.1 Å². The molecule has 0 aromatic carbocycles. The van der Waals surface area contributed by atoms with Gasteiger partial charge in [0.2, 0.25) is 17.7 Å². The van der Waals surface area contributed by atoms with Crippen LogP contribution in [0.15, 0.2) is 0 Å². The van der Waals surface area contributed by atoms with Crippen LogP contribution in [0.3, 0.4) is 0 Å². The zero-order valence-corrected chi connectivity index (χ0v) is 18.7. The zero-order valence-electron chi connectivity index (χ0n) is 18.7. The molecule has 2 aliphatic heterocycles. The van der Waals surface area contributed by atoms with Gasteiger partial charge in [-0.25, -0.2) is 0 Å². The van der Waals surface area contributed by atoms with Gasteiger partial charge in [-0.05, 0) is 39.2 Å². The molecule has 2 heterocycles. The number of likely N-dealkylation sites (tertiary alicyclic amines) is 1. The van der Waals surface area contributed by atoms with Gasteiger partial charge in [0.25, 0.3) is 0 Å².